The Kier molecular flexibility index (Phi) is 5.98. The molecule has 26 heavy (non-hydrogen) atoms. The lowest BCUT2D eigenvalue weighted by Crippen LogP contribution is -2.59. The largest absolute Gasteiger partial charge is 0.481 e. The summed E-state index contributed by atoms with van der Waals surface area (Å²) < 4.78 is 10.2. The lowest BCUT2D eigenvalue weighted by Gasteiger charge is -2.60. The van der Waals surface area contributed by atoms with E-state index in [1.807, 2.05) is 0 Å². The fourth-order valence-electron chi connectivity index (χ4n) is 4.54. The van der Waals surface area contributed by atoms with E-state index in [1.54, 1.807) is 13.8 Å². The van der Waals surface area contributed by atoms with Crippen LogP contribution in [0.3, 0.4) is 0 Å². The average molecular weight is 367 g/mol. The number of carbonyl (C=O) groups is 3. The molecular formula is C19H29NO6. The van der Waals surface area contributed by atoms with Crippen molar-refractivity contribution in [2.45, 2.75) is 59.7 Å². The Morgan fingerprint density at radius 2 is 2.00 bits per heavy atom. The molecule has 2 aliphatic carbocycles. The molecule has 0 aromatic heterocycles. The van der Waals surface area contributed by atoms with Crippen LogP contribution >= 0.6 is 0 Å². The van der Waals surface area contributed by atoms with E-state index in [1.165, 1.54) is 6.92 Å². The normalized spacial score (nSPS) is 30.3. The van der Waals surface area contributed by atoms with Crippen LogP contribution in [0.1, 0.15) is 53.4 Å². The Morgan fingerprint density at radius 1 is 1.31 bits per heavy atom. The summed E-state index contributed by atoms with van der Waals surface area (Å²) in [4.78, 5) is 34.7. The van der Waals surface area contributed by atoms with Crippen LogP contribution in [0.4, 0.5) is 4.79 Å². The van der Waals surface area contributed by atoms with Crippen molar-refractivity contribution in [3.8, 4) is 0 Å². The molecule has 0 bridgehead atoms. The minimum atomic E-state index is -0.967. The molecule has 2 N–H and O–H groups in total. The molecule has 0 saturated heterocycles. The van der Waals surface area contributed by atoms with E-state index >= 15 is 0 Å². The van der Waals surface area contributed by atoms with Gasteiger partial charge in [0.2, 0.25) is 0 Å². The third kappa shape index (κ3) is 4.02. The van der Waals surface area contributed by atoms with Gasteiger partial charge in [0, 0.05) is 24.8 Å². The van der Waals surface area contributed by atoms with Gasteiger partial charge in [-0.2, -0.15) is 0 Å². The van der Waals surface area contributed by atoms with Gasteiger partial charge < -0.3 is 19.9 Å². The number of carbonyl (C=O) groups excluding carboxylic acids is 2. The molecule has 1 fully saturated rings. The molecule has 146 valence electrons. The van der Waals surface area contributed by atoms with Crippen molar-refractivity contribution in [2.75, 3.05) is 6.54 Å². The van der Waals surface area contributed by atoms with Crippen molar-refractivity contribution in [3.63, 3.8) is 0 Å². The Labute approximate surface area is 154 Å². The second kappa shape index (κ2) is 7.68. The monoisotopic (exact) mass is 367 g/mol. The molecule has 0 aliphatic heterocycles. The SMILES string of the molecule is CC[C@@]12CC=C[C@H]1[C@](CNC(=O)O[C@@H](OC(C)=O)C(C)C)(CC(=O)O)C2. The van der Waals surface area contributed by atoms with E-state index in [2.05, 4.69) is 24.4 Å². The molecule has 0 unspecified atom stereocenters. The van der Waals surface area contributed by atoms with Crippen LogP contribution in [0.5, 0.6) is 0 Å². The van der Waals surface area contributed by atoms with Gasteiger partial charge in [0.05, 0.1) is 6.42 Å². The van der Waals surface area contributed by atoms with E-state index in [0.717, 1.165) is 19.3 Å². The number of fused-ring (bicyclic) bond motifs is 1. The Hall–Kier alpha value is -2.05. The maximum Gasteiger partial charge on any atom is 0.410 e. The van der Waals surface area contributed by atoms with E-state index in [9.17, 15) is 19.5 Å². The zero-order valence-corrected chi connectivity index (χ0v) is 15.9. The second-order valence-electron chi connectivity index (χ2n) is 7.92. The quantitative estimate of drug-likeness (QED) is 0.388. The van der Waals surface area contributed by atoms with E-state index in [-0.39, 0.29) is 30.2 Å². The van der Waals surface area contributed by atoms with Gasteiger partial charge in [0.25, 0.3) is 6.29 Å². The number of hydrogen-bond donors (Lipinski definition) is 2. The topological polar surface area (TPSA) is 102 Å². The molecule has 4 atom stereocenters. The number of aliphatic carboxylic acids is 1. The van der Waals surface area contributed by atoms with Crippen LogP contribution in [0.15, 0.2) is 12.2 Å². The van der Waals surface area contributed by atoms with Gasteiger partial charge in [-0.15, -0.1) is 0 Å². The number of carboxylic acids is 1. The molecule has 2 aliphatic rings. The summed E-state index contributed by atoms with van der Waals surface area (Å²) in [5.41, 5.74) is -0.373. The van der Waals surface area contributed by atoms with Gasteiger partial charge in [-0.05, 0) is 30.6 Å². The van der Waals surface area contributed by atoms with Crippen molar-refractivity contribution in [2.24, 2.45) is 22.7 Å². The molecule has 7 nitrogen and oxygen atoms in total. The summed E-state index contributed by atoms with van der Waals surface area (Å²) in [5, 5.41) is 12.0. The minimum absolute atomic E-state index is 0.00158. The van der Waals surface area contributed by atoms with Gasteiger partial charge in [-0.3, -0.25) is 9.59 Å². The maximum absolute atomic E-state index is 12.2. The number of nitrogens with one attached hydrogen (secondary N) is 1. The zero-order valence-electron chi connectivity index (χ0n) is 15.9. The summed E-state index contributed by atoms with van der Waals surface area (Å²) in [5.74, 6) is -1.44. The van der Waals surface area contributed by atoms with Crippen LogP contribution in [0, 0.1) is 22.7 Å². The summed E-state index contributed by atoms with van der Waals surface area (Å²) in [6.45, 7) is 7.15. The molecule has 1 amide bonds. The molecule has 0 radical (unpaired) electrons. The van der Waals surface area contributed by atoms with Crippen LogP contribution in [-0.4, -0.2) is 36.0 Å². The number of hydrogen-bond acceptors (Lipinski definition) is 5. The third-order valence-corrected chi connectivity index (χ3v) is 5.72. The van der Waals surface area contributed by atoms with E-state index in [0.29, 0.717) is 0 Å². The van der Waals surface area contributed by atoms with Crippen LogP contribution < -0.4 is 5.32 Å². The van der Waals surface area contributed by atoms with Crippen LogP contribution in [0.2, 0.25) is 0 Å². The summed E-state index contributed by atoms with van der Waals surface area (Å²) >= 11 is 0. The first kappa shape index (κ1) is 20.3. The van der Waals surface area contributed by atoms with Gasteiger partial charge in [0.1, 0.15) is 0 Å². The number of rotatable bonds is 8. The summed E-state index contributed by atoms with van der Waals surface area (Å²) in [6, 6.07) is 0. The predicted molar refractivity (Wildman–Crippen MR) is 94.1 cm³/mol. The van der Waals surface area contributed by atoms with Gasteiger partial charge >= 0.3 is 18.0 Å². The lowest BCUT2D eigenvalue weighted by atomic mass is 9.44. The smallest absolute Gasteiger partial charge is 0.410 e. The third-order valence-electron chi connectivity index (χ3n) is 5.72. The summed E-state index contributed by atoms with van der Waals surface area (Å²) in [7, 11) is 0. The molecule has 0 spiro atoms. The molecule has 0 aromatic carbocycles. The Balaban J connectivity index is 2.00. The molecule has 1 saturated carbocycles. The highest BCUT2D eigenvalue weighted by molar-refractivity contribution is 5.70. The van der Waals surface area contributed by atoms with E-state index in [4.69, 9.17) is 9.47 Å². The Morgan fingerprint density at radius 3 is 2.54 bits per heavy atom. The van der Waals surface area contributed by atoms with Gasteiger partial charge in [0.15, 0.2) is 0 Å². The van der Waals surface area contributed by atoms with Crippen molar-refractivity contribution >= 4 is 18.0 Å². The van der Waals surface area contributed by atoms with Crippen molar-refractivity contribution in [3.05, 3.63) is 12.2 Å². The Bertz CT molecular complexity index is 601. The predicted octanol–water partition coefficient (Wildman–Crippen LogP) is 3.10. The van der Waals surface area contributed by atoms with Crippen LogP contribution in [-0.2, 0) is 19.1 Å². The molecular weight excluding hydrogens is 338 g/mol. The standard InChI is InChI=1S/C19H29NO6/c1-5-18-8-6-7-14(18)19(10-18,9-15(22)23)11-20-17(24)26-16(12(2)3)25-13(4)21/h6-7,12,14,16H,5,8-11H2,1-4H3,(H,20,24)(H,22,23)/t14-,16-,18+,19-/m1/s1. The fourth-order valence-corrected chi connectivity index (χ4v) is 4.54. The van der Waals surface area contributed by atoms with Crippen LogP contribution in [0.25, 0.3) is 0 Å². The number of allylic oxidation sites excluding steroid dienone is 2. The number of carboxylic acid groups (broad SMARTS) is 1. The van der Waals surface area contributed by atoms with Crippen molar-refractivity contribution in [1.82, 2.24) is 5.32 Å². The highest BCUT2D eigenvalue weighted by Crippen LogP contribution is 2.67. The second-order valence-corrected chi connectivity index (χ2v) is 7.92. The molecule has 0 heterocycles. The maximum atomic E-state index is 12.2. The van der Waals surface area contributed by atoms with Crippen molar-refractivity contribution < 1.29 is 29.0 Å². The van der Waals surface area contributed by atoms with E-state index < -0.39 is 29.7 Å². The lowest BCUT2D eigenvalue weighted by molar-refractivity contribution is -0.173. The molecule has 2 rings (SSSR count). The first-order chi connectivity index (χ1) is 12.1. The summed E-state index contributed by atoms with van der Waals surface area (Å²) in [6.07, 6.45) is 5.25. The molecule has 7 heteroatoms. The highest BCUT2D eigenvalue weighted by atomic mass is 16.7. The number of ether oxygens (including phenoxy) is 2. The fraction of sp³-hybridized carbons (Fsp3) is 0.737. The van der Waals surface area contributed by atoms with Gasteiger partial charge in [-0.25, -0.2) is 4.79 Å². The number of amides is 1. The first-order valence-corrected chi connectivity index (χ1v) is 9.14. The number of esters is 1. The molecule has 0 aromatic rings. The highest BCUT2D eigenvalue weighted by Gasteiger charge is 2.62. The average Bonchev–Trinajstić information content (AvgIpc) is 2.88. The van der Waals surface area contributed by atoms with Crippen molar-refractivity contribution in [1.29, 1.82) is 0 Å². The zero-order chi connectivity index (χ0) is 19.5. The minimum Gasteiger partial charge on any atom is -0.481 e. The first-order valence-electron chi connectivity index (χ1n) is 9.14. The number of alkyl carbamates (subject to hydrolysis) is 1. The van der Waals surface area contributed by atoms with Gasteiger partial charge in [-0.1, -0.05) is 32.9 Å².